The number of aromatic nitrogens is 4. The van der Waals surface area contributed by atoms with Crippen LogP contribution in [0.25, 0.3) is 0 Å². The third kappa shape index (κ3) is 8.14. The number of pyridine rings is 4. The van der Waals surface area contributed by atoms with Crippen molar-refractivity contribution in [2.45, 2.75) is 39.0 Å². The molecule has 0 fully saturated rings. The van der Waals surface area contributed by atoms with E-state index in [0.717, 1.165) is 74.9 Å². The van der Waals surface area contributed by atoms with Gasteiger partial charge in [-0.25, -0.2) is 0 Å². The van der Waals surface area contributed by atoms with Crippen LogP contribution in [0.2, 0.25) is 0 Å². The lowest BCUT2D eigenvalue weighted by molar-refractivity contribution is 0.218. The highest BCUT2D eigenvalue weighted by molar-refractivity contribution is 5.07. The summed E-state index contributed by atoms with van der Waals surface area (Å²) in [7, 11) is 0. The van der Waals surface area contributed by atoms with Crippen molar-refractivity contribution in [3.8, 4) is 0 Å². The molecule has 0 unspecified atom stereocenters. The predicted molar refractivity (Wildman–Crippen MR) is 134 cm³/mol. The molecule has 0 N–H and O–H groups in total. The van der Waals surface area contributed by atoms with Crippen molar-refractivity contribution in [3.63, 3.8) is 0 Å². The molecule has 0 aromatic carbocycles. The summed E-state index contributed by atoms with van der Waals surface area (Å²) < 4.78 is 0. The van der Waals surface area contributed by atoms with Crippen LogP contribution in [-0.2, 0) is 26.2 Å². The topological polar surface area (TPSA) is 58.0 Å². The van der Waals surface area contributed by atoms with Gasteiger partial charge in [0.15, 0.2) is 0 Å². The molecule has 6 nitrogen and oxygen atoms in total. The lowest BCUT2D eigenvalue weighted by Crippen LogP contribution is -2.28. The number of unbranched alkanes of at least 4 members (excludes halogenated alkanes) is 1. The van der Waals surface area contributed by atoms with Gasteiger partial charge >= 0.3 is 0 Å². The first-order valence-electron chi connectivity index (χ1n) is 11.9. The highest BCUT2D eigenvalue weighted by Gasteiger charge is 2.11. The van der Waals surface area contributed by atoms with E-state index in [2.05, 4.69) is 54.0 Å². The van der Waals surface area contributed by atoms with E-state index in [0.29, 0.717) is 0 Å². The fourth-order valence-corrected chi connectivity index (χ4v) is 3.98. The van der Waals surface area contributed by atoms with Gasteiger partial charge in [-0.2, -0.15) is 0 Å². The SMILES string of the molecule is c1ccc(CN(CCCCN(Cc2ccccn2)Cc2ccccn2)Cc2ccccn2)nc1. The lowest BCUT2D eigenvalue weighted by atomic mass is 10.2. The van der Waals surface area contributed by atoms with E-state index in [4.69, 9.17) is 0 Å². The summed E-state index contributed by atoms with van der Waals surface area (Å²) in [5, 5.41) is 0. The van der Waals surface area contributed by atoms with Crippen molar-refractivity contribution in [1.82, 2.24) is 29.7 Å². The number of hydrogen-bond donors (Lipinski definition) is 0. The van der Waals surface area contributed by atoms with Gasteiger partial charge in [0.05, 0.1) is 22.8 Å². The Morgan fingerprint density at radius 3 is 0.941 bits per heavy atom. The molecule has 0 radical (unpaired) electrons. The van der Waals surface area contributed by atoms with E-state index in [1.54, 1.807) is 0 Å². The minimum atomic E-state index is 0.822. The Hall–Kier alpha value is -3.48. The standard InChI is InChI=1S/C28H32N6/c1-5-15-29-25(11-1)21-33(22-26-12-2-6-16-30-26)19-9-10-20-34(23-27-13-3-7-17-31-27)24-28-14-4-8-18-32-28/h1-8,11-18H,9-10,19-24H2. The maximum atomic E-state index is 4.53. The Bertz CT molecular complexity index is 889. The first-order chi connectivity index (χ1) is 16.8. The molecule has 4 heterocycles. The van der Waals surface area contributed by atoms with Crippen LogP contribution in [0.5, 0.6) is 0 Å². The molecule has 0 aliphatic rings. The average Bonchev–Trinajstić information content (AvgIpc) is 2.89. The molecule has 6 heteroatoms. The fraction of sp³-hybridized carbons (Fsp3) is 0.286. The van der Waals surface area contributed by atoms with Crippen LogP contribution < -0.4 is 0 Å². The molecule has 0 aliphatic carbocycles. The van der Waals surface area contributed by atoms with Crippen LogP contribution in [0.4, 0.5) is 0 Å². The molecule has 0 amide bonds. The van der Waals surface area contributed by atoms with Crippen molar-refractivity contribution in [1.29, 1.82) is 0 Å². The van der Waals surface area contributed by atoms with Gasteiger partial charge in [-0.1, -0.05) is 24.3 Å². The van der Waals surface area contributed by atoms with Crippen molar-refractivity contribution < 1.29 is 0 Å². The minimum absolute atomic E-state index is 0.822. The molecule has 4 aromatic rings. The van der Waals surface area contributed by atoms with Gasteiger partial charge in [0, 0.05) is 51.0 Å². The average molecular weight is 453 g/mol. The molecule has 4 rings (SSSR count). The summed E-state index contributed by atoms with van der Waals surface area (Å²) in [6.45, 7) is 5.28. The summed E-state index contributed by atoms with van der Waals surface area (Å²) >= 11 is 0. The number of hydrogen-bond acceptors (Lipinski definition) is 6. The van der Waals surface area contributed by atoms with Gasteiger partial charge in [-0.15, -0.1) is 0 Å². The second kappa shape index (κ2) is 13.3. The molecule has 0 saturated carbocycles. The molecular weight excluding hydrogens is 420 g/mol. The van der Waals surface area contributed by atoms with E-state index in [1.807, 2.05) is 73.3 Å². The normalized spacial score (nSPS) is 11.2. The predicted octanol–water partition coefficient (Wildman–Crippen LogP) is 4.75. The van der Waals surface area contributed by atoms with E-state index in [9.17, 15) is 0 Å². The maximum Gasteiger partial charge on any atom is 0.0544 e. The summed E-state index contributed by atoms with van der Waals surface area (Å²) in [6.07, 6.45) is 9.65. The molecule has 0 aliphatic heterocycles. The Morgan fingerprint density at radius 1 is 0.412 bits per heavy atom. The summed E-state index contributed by atoms with van der Waals surface area (Å²) in [5.74, 6) is 0. The molecule has 174 valence electrons. The fourth-order valence-electron chi connectivity index (χ4n) is 3.98. The highest BCUT2D eigenvalue weighted by atomic mass is 15.1. The molecule has 0 saturated heterocycles. The smallest absolute Gasteiger partial charge is 0.0544 e. The van der Waals surface area contributed by atoms with Gasteiger partial charge < -0.3 is 0 Å². The Morgan fingerprint density at radius 2 is 0.706 bits per heavy atom. The molecule has 0 atom stereocenters. The quantitative estimate of drug-likeness (QED) is 0.273. The van der Waals surface area contributed by atoms with Gasteiger partial charge in [-0.05, 0) is 74.5 Å². The lowest BCUT2D eigenvalue weighted by Gasteiger charge is -2.24. The zero-order valence-electron chi connectivity index (χ0n) is 19.6. The molecule has 34 heavy (non-hydrogen) atoms. The Balaban J connectivity index is 1.34. The zero-order valence-corrected chi connectivity index (χ0v) is 19.6. The minimum Gasteiger partial charge on any atom is -0.292 e. The van der Waals surface area contributed by atoms with Crippen molar-refractivity contribution >= 4 is 0 Å². The maximum absolute atomic E-state index is 4.53. The van der Waals surface area contributed by atoms with Crippen molar-refractivity contribution in [3.05, 3.63) is 120 Å². The van der Waals surface area contributed by atoms with Crippen LogP contribution >= 0.6 is 0 Å². The van der Waals surface area contributed by atoms with Crippen LogP contribution in [0.1, 0.15) is 35.6 Å². The molecular formula is C28H32N6. The van der Waals surface area contributed by atoms with Crippen LogP contribution in [-0.4, -0.2) is 42.8 Å². The van der Waals surface area contributed by atoms with E-state index < -0.39 is 0 Å². The van der Waals surface area contributed by atoms with Gasteiger partial charge in [0.2, 0.25) is 0 Å². The zero-order chi connectivity index (χ0) is 23.3. The first kappa shape index (κ1) is 23.7. The summed E-state index contributed by atoms with van der Waals surface area (Å²) in [5.41, 5.74) is 4.35. The Labute approximate surface area is 202 Å². The van der Waals surface area contributed by atoms with E-state index >= 15 is 0 Å². The van der Waals surface area contributed by atoms with Crippen LogP contribution in [0, 0.1) is 0 Å². The van der Waals surface area contributed by atoms with Gasteiger partial charge in [0.25, 0.3) is 0 Å². The summed E-state index contributed by atoms with van der Waals surface area (Å²) in [4.78, 5) is 23.0. The van der Waals surface area contributed by atoms with Crippen LogP contribution in [0.3, 0.4) is 0 Å². The van der Waals surface area contributed by atoms with E-state index in [1.165, 1.54) is 0 Å². The second-order valence-electron chi connectivity index (χ2n) is 8.41. The summed E-state index contributed by atoms with van der Waals surface area (Å²) in [6, 6.07) is 24.4. The van der Waals surface area contributed by atoms with Gasteiger partial charge in [-0.3, -0.25) is 29.7 Å². The molecule has 0 bridgehead atoms. The second-order valence-corrected chi connectivity index (χ2v) is 8.41. The first-order valence-corrected chi connectivity index (χ1v) is 11.9. The third-order valence-electron chi connectivity index (χ3n) is 5.65. The van der Waals surface area contributed by atoms with Crippen molar-refractivity contribution in [2.75, 3.05) is 13.1 Å². The van der Waals surface area contributed by atoms with Crippen LogP contribution in [0.15, 0.2) is 97.6 Å². The Kier molecular flexibility index (Phi) is 9.25. The van der Waals surface area contributed by atoms with Gasteiger partial charge in [0.1, 0.15) is 0 Å². The number of rotatable bonds is 13. The molecule has 4 aromatic heterocycles. The monoisotopic (exact) mass is 452 g/mol. The molecule has 0 spiro atoms. The third-order valence-corrected chi connectivity index (χ3v) is 5.65. The number of nitrogens with zero attached hydrogens (tertiary/aromatic N) is 6. The van der Waals surface area contributed by atoms with E-state index in [-0.39, 0.29) is 0 Å². The highest BCUT2D eigenvalue weighted by Crippen LogP contribution is 2.11. The van der Waals surface area contributed by atoms with Crippen molar-refractivity contribution in [2.24, 2.45) is 0 Å². The largest absolute Gasteiger partial charge is 0.292 e.